The number of hydrogen-bond donors (Lipinski definition) is 1. The molecule has 1 N–H and O–H groups in total. The maximum Gasteiger partial charge on any atom is 0.257 e. The van der Waals surface area contributed by atoms with Gasteiger partial charge in [0.05, 0.1) is 28.8 Å². The number of benzene rings is 2. The molecule has 1 aliphatic rings. The van der Waals surface area contributed by atoms with Crippen molar-refractivity contribution in [1.29, 1.82) is 0 Å². The lowest BCUT2D eigenvalue weighted by Crippen LogP contribution is -2.40. The van der Waals surface area contributed by atoms with Crippen molar-refractivity contribution >= 4 is 44.8 Å². The summed E-state index contributed by atoms with van der Waals surface area (Å²) >= 11 is 12.3. The van der Waals surface area contributed by atoms with Gasteiger partial charge in [0.2, 0.25) is 10.0 Å². The van der Waals surface area contributed by atoms with Gasteiger partial charge >= 0.3 is 0 Å². The summed E-state index contributed by atoms with van der Waals surface area (Å²) in [7, 11) is -3.87. The van der Waals surface area contributed by atoms with E-state index < -0.39 is 15.9 Å². The van der Waals surface area contributed by atoms with Crippen LogP contribution in [0.5, 0.6) is 0 Å². The van der Waals surface area contributed by atoms with Gasteiger partial charge in [-0.3, -0.25) is 4.79 Å². The Morgan fingerprint density at radius 1 is 1.07 bits per heavy atom. The summed E-state index contributed by atoms with van der Waals surface area (Å²) in [5, 5.41) is 2.83. The van der Waals surface area contributed by atoms with Crippen LogP contribution in [0.3, 0.4) is 0 Å². The molecule has 3 rings (SSSR count). The van der Waals surface area contributed by atoms with Crippen molar-refractivity contribution < 1.29 is 17.9 Å². The van der Waals surface area contributed by atoms with E-state index in [1.54, 1.807) is 6.07 Å². The molecule has 1 amide bonds. The summed E-state index contributed by atoms with van der Waals surface area (Å²) in [6.45, 7) is 4.91. The van der Waals surface area contributed by atoms with Crippen molar-refractivity contribution in [2.45, 2.75) is 18.7 Å². The van der Waals surface area contributed by atoms with Crippen LogP contribution in [-0.4, -0.2) is 44.9 Å². The third kappa shape index (κ3) is 4.34. The van der Waals surface area contributed by atoms with E-state index in [9.17, 15) is 13.2 Å². The van der Waals surface area contributed by atoms with E-state index in [2.05, 4.69) is 5.32 Å². The van der Waals surface area contributed by atoms with E-state index in [-0.39, 0.29) is 33.6 Å². The molecule has 0 saturated carbocycles. The molecule has 2 aromatic carbocycles. The van der Waals surface area contributed by atoms with Crippen molar-refractivity contribution in [1.82, 2.24) is 4.31 Å². The Bertz CT molecular complexity index is 1020. The molecule has 0 aromatic heterocycles. The largest absolute Gasteiger partial charge is 0.379 e. The zero-order chi connectivity index (χ0) is 20.5. The van der Waals surface area contributed by atoms with E-state index in [0.29, 0.717) is 18.9 Å². The predicted octanol–water partition coefficient (Wildman–Crippen LogP) is 3.88. The van der Waals surface area contributed by atoms with Crippen molar-refractivity contribution in [2.75, 3.05) is 31.6 Å². The van der Waals surface area contributed by atoms with Gasteiger partial charge in [-0.05, 0) is 37.6 Å². The number of hydrogen-bond acceptors (Lipinski definition) is 4. The van der Waals surface area contributed by atoms with Gasteiger partial charge in [-0.1, -0.05) is 40.9 Å². The van der Waals surface area contributed by atoms with Gasteiger partial charge in [-0.25, -0.2) is 8.42 Å². The molecule has 0 radical (unpaired) electrons. The normalized spacial score (nSPS) is 15.4. The second-order valence-corrected chi connectivity index (χ2v) is 9.27. The standard InChI is InChI=1S/C19H20Cl2N2O4S/c1-12-3-4-17(13(2)9-12)22-19(24)14-10-18(16(21)11-15(14)20)28(25,26)23-5-7-27-8-6-23/h3-4,9-11H,5-8H2,1-2H3,(H,22,24). The third-order valence-corrected chi connectivity index (χ3v) is 7.16. The third-order valence-electron chi connectivity index (χ3n) is 4.48. The van der Waals surface area contributed by atoms with Crippen molar-refractivity contribution in [3.8, 4) is 0 Å². The molecule has 1 saturated heterocycles. The van der Waals surface area contributed by atoms with Crippen molar-refractivity contribution in [3.05, 3.63) is 57.1 Å². The molecular weight excluding hydrogens is 423 g/mol. The van der Waals surface area contributed by atoms with Crippen molar-refractivity contribution in [2.24, 2.45) is 0 Å². The van der Waals surface area contributed by atoms with Gasteiger partial charge in [0.25, 0.3) is 5.91 Å². The number of amides is 1. The number of nitrogens with zero attached hydrogens (tertiary/aromatic N) is 1. The minimum Gasteiger partial charge on any atom is -0.379 e. The molecular formula is C19H20Cl2N2O4S. The fraction of sp³-hybridized carbons (Fsp3) is 0.316. The fourth-order valence-corrected chi connectivity index (χ4v) is 5.21. The van der Waals surface area contributed by atoms with E-state index in [0.717, 1.165) is 11.1 Å². The van der Waals surface area contributed by atoms with Crippen LogP contribution in [0.4, 0.5) is 5.69 Å². The summed E-state index contributed by atoms with van der Waals surface area (Å²) in [5.74, 6) is -0.507. The summed E-state index contributed by atoms with van der Waals surface area (Å²) < 4.78 is 32.4. The van der Waals surface area contributed by atoms with Gasteiger partial charge in [-0.2, -0.15) is 4.31 Å². The number of aryl methyl sites for hydroxylation is 2. The van der Waals surface area contributed by atoms with Crippen LogP contribution in [0.1, 0.15) is 21.5 Å². The van der Waals surface area contributed by atoms with E-state index in [1.165, 1.54) is 16.4 Å². The van der Waals surface area contributed by atoms with Crippen LogP contribution in [0.25, 0.3) is 0 Å². The Kier molecular flexibility index (Phi) is 6.31. The molecule has 150 valence electrons. The number of carbonyl (C=O) groups excluding carboxylic acids is 1. The number of halogens is 2. The van der Waals surface area contributed by atoms with Gasteiger partial charge in [0.15, 0.2) is 0 Å². The fourth-order valence-electron chi connectivity index (χ4n) is 2.97. The molecule has 0 bridgehead atoms. The zero-order valence-corrected chi connectivity index (χ0v) is 17.8. The molecule has 1 fully saturated rings. The second kappa shape index (κ2) is 8.39. The topological polar surface area (TPSA) is 75.7 Å². The first-order valence-electron chi connectivity index (χ1n) is 8.65. The maximum absolute atomic E-state index is 13.0. The Morgan fingerprint density at radius 2 is 1.75 bits per heavy atom. The summed E-state index contributed by atoms with van der Waals surface area (Å²) in [5.41, 5.74) is 2.62. The molecule has 2 aromatic rings. The SMILES string of the molecule is Cc1ccc(NC(=O)c2cc(S(=O)(=O)N3CCOCC3)c(Cl)cc2Cl)c(C)c1. The van der Waals surface area contributed by atoms with E-state index in [1.807, 2.05) is 26.0 Å². The highest BCUT2D eigenvalue weighted by Gasteiger charge is 2.30. The minimum atomic E-state index is -3.87. The minimum absolute atomic E-state index is 0.0282. The lowest BCUT2D eigenvalue weighted by molar-refractivity contribution is 0.0730. The van der Waals surface area contributed by atoms with Crippen LogP contribution >= 0.6 is 23.2 Å². The molecule has 0 unspecified atom stereocenters. The van der Waals surface area contributed by atoms with Crippen LogP contribution < -0.4 is 5.32 Å². The first kappa shape index (κ1) is 21.1. The Labute approximate surface area is 174 Å². The number of morpholine rings is 1. The molecule has 6 nitrogen and oxygen atoms in total. The Hall–Kier alpha value is -1.64. The average Bonchev–Trinajstić information content (AvgIpc) is 2.64. The van der Waals surface area contributed by atoms with Crippen LogP contribution in [0, 0.1) is 13.8 Å². The Balaban J connectivity index is 1.95. The van der Waals surface area contributed by atoms with E-state index >= 15 is 0 Å². The van der Waals surface area contributed by atoms with Crippen molar-refractivity contribution in [3.63, 3.8) is 0 Å². The number of rotatable bonds is 4. The molecule has 1 heterocycles. The molecule has 0 spiro atoms. The van der Waals surface area contributed by atoms with Gasteiger partial charge in [-0.15, -0.1) is 0 Å². The number of carbonyl (C=O) groups is 1. The number of anilines is 1. The molecule has 1 aliphatic heterocycles. The molecule has 28 heavy (non-hydrogen) atoms. The highest BCUT2D eigenvalue weighted by Crippen LogP contribution is 2.31. The highest BCUT2D eigenvalue weighted by molar-refractivity contribution is 7.89. The second-order valence-electron chi connectivity index (χ2n) is 6.55. The lowest BCUT2D eigenvalue weighted by Gasteiger charge is -2.26. The average molecular weight is 443 g/mol. The lowest BCUT2D eigenvalue weighted by atomic mass is 10.1. The first-order chi connectivity index (χ1) is 13.2. The van der Waals surface area contributed by atoms with Crippen LogP contribution in [-0.2, 0) is 14.8 Å². The molecule has 0 aliphatic carbocycles. The highest BCUT2D eigenvalue weighted by atomic mass is 35.5. The summed E-state index contributed by atoms with van der Waals surface area (Å²) in [4.78, 5) is 12.6. The smallest absolute Gasteiger partial charge is 0.257 e. The molecule has 9 heteroatoms. The van der Waals surface area contributed by atoms with Gasteiger partial charge in [0.1, 0.15) is 4.90 Å². The van der Waals surface area contributed by atoms with Crippen LogP contribution in [0.2, 0.25) is 10.0 Å². The van der Waals surface area contributed by atoms with E-state index in [4.69, 9.17) is 27.9 Å². The quantitative estimate of drug-likeness (QED) is 0.778. The predicted molar refractivity (Wildman–Crippen MR) is 110 cm³/mol. The van der Waals surface area contributed by atoms with Gasteiger partial charge in [0, 0.05) is 18.8 Å². The Morgan fingerprint density at radius 3 is 2.39 bits per heavy atom. The van der Waals surface area contributed by atoms with Gasteiger partial charge < -0.3 is 10.1 Å². The summed E-state index contributed by atoms with van der Waals surface area (Å²) in [6, 6.07) is 8.12. The monoisotopic (exact) mass is 442 g/mol. The number of nitrogens with one attached hydrogen (secondary N) is 1. The summed E-state index contributed by atoms with van der Waals surface area (Å²) in [6.07, 6.45) is 0. The number of ether oxygens (including phenoxy) is 1. The van der Waals surface area contributed by atoms with Crippen LogP contribution in [0.15, 0.2) is 35.2 Å². The first-order valence-corrected chi connectivity index (χ1v) is 10.9. The zero-order valence-electron chi connectivity index (χ0n) is 15.5. The maximum atomic E-state index is 13.0. The number of sulfonamides is 1. The molecule has 0 atom stereocenters.